The van der Waals surface area contributed by atoms with Gasteiger partial charge in [0.1, 0.15) is 6.29 Å². The SMILES string of the molecule is C[C@H]1[C@H]2CC[C@H](C2)[C@@H]1C=O. The Morgan fingerprint density at radius 2 is 2.00 bits per heavy atom. The first-order valence-corrected chi connectivity index (χ1v) is 4.28. The van der Waals surface area contributed by atoms with Gasteiger partial charge in [-0.2, -0.15) is 0 Å². The molecule has 56 valence electrons. The van der Waals surface area contributed by atoms with Crippen LogP contribution in [0.15, 0.2) is 0 Å². The lowest BCUT2D eigenvalue weighted by molar-refractivity contribution is -0.113. The Kier molecular flexibility index (Phi) is 1.33. The van der Waals surface area contributed by atoms with Crippen molar-refractivity contribution in [3.63, 3.8) is 0 Å². The van der Waals surface area contributed by atoms with Crippen molar-refractivity contribution in [2.24, 2.45) is 23.7 Å². The van der Waals surface area contributed by atoms with Gasteiger partial charge in [0.25, 0.3) is 0 Å². The molecule has 0 N–H and O–H groups in total. The fourth-order valence-electron chi connectivity index (χ4n) is 2.86. The second-order valence-electron chi connectivity index (χ2n) is 3.91. The summed E-state index contributed by atoms with van der Waals surface area (Å²) in [5.41, 5.74) is 0. The van der Waals surface area contributed by atoms with Crippen molar-refractivity contribution in [3.8, 4) is 0 Å². The number of hydrogen-bond donors (Lipinski definition) is 0. The standard InChI is InChI=1S/C9H14O/c1-6-7-2-3-8(4-7)9(6)5-10/h5-9H,2-4H2,1H3/t6-,7-,8+,9+/m0/s1. The Morgan fingerprint density at radius 3 is 2.40 bits per heavy atom. The first-order valence-electron chi connectivity index (χ1n) is 4.28. The van der Waals surface area contributed by atoms with E-state index in [1.165, 1.54) is 25.5 Å². The molecule has 2 saturated carbocycles. The van der Waals surface area contributed by atoms with Crippen LogP contribution in [0.3, 0.4) is 0 Å². The molecular formula is C9H14O. The molecule has 0 aliphatic heterocycles. The Bertz CT molecular complexity index is 151. The summed E-state index contributed by atoms with van der Waals surface area (Å²) in [4.78, 5) is 10.6. The third-order valence-electron chi connectivity index (χ3n) is 3.57. The molecule has 1 nitrogen and oxygen atoms in total. The highest BCUT2D eigenvalue weighted by atomic mass is 16.1. The average Bonchev–Trinajstić information content (AvgIpc) is 2.46. The molecule has 2 rings (SSSR count). The summed E-state index contributed by atoms with van der Waals surface area (Å²) >= 11 is 0. The van der Waals surface area contributed by atoms with Crippen molar-refractivity contribution in [2.75, 3.05) is 0 Å². The van der Waals surface area contributed by atoms with E-state index in [0.29, 0.717) is 11.8 Å². The van der Waals surface area contributed by atoms with Gasteiger partial charge in [-0.3, -0.25) is 0 Å². The topological polar surface area (TPSA) is 17.1 Å². The summed E-state index contributed by atoms with van der Waals surface area (Å²) in [6.07, 6.45) is 5.23. The molecule has 2 fully saturated rings. The molecule has 4 atom stereocenters. The molecule has 0 saturated heterocycles. The van der Waals surface area contributed by atoms with Gasteiger partial charge in [0.15, 0.2) is 0 Å². The number of fused-ring (bicyclic) bond motifs is 2. The summed E-state index contributed by atoms with van der Waals surface area (Å²) in [5, 5.41) is 0. The van der Waals surface area contributed by atoms with Crippen LogP contribution in [0.25, 0.3) is 0 Å². The van der Waals surface area contributed by atoms with Gasteiger partial charge >= 0.3 is 0 Å². The maximum Gasteiger partial charge on any atom is 0.123 e. The Hall–Kier alpha value is -0.330. The molecular weight excluding hydrogens is 124 g/mol. The van der Waals surface area contributed by atoms with E-state index in [0.717, 1.165) is 11.8 Å². The number of rotatable bonds is 1. The van der Waals surface area contributed by atoms with Crippen LogP contribution in [0.2, 0.25) is 0 Å². The van der Waals surface area contributed by atoms with Crippen molar-refractivity contribution in [3.05, 3.63) is 0 Å². The zero-order chi connectivity index (χ0) is 7.14. The minimum absolute atomic E-state index is 0.416. The predicted octanol–water partition coefficient (Wildman–Crippen LogP) is 1.87. The quantitative estimate of drug-likeness (QED) is 0.505. The van der Waals surface area contributed by atoms with Crippen molar-refractivity contribution in [2.45, 2.75) is 26.2 Å². The monoisotopic (exact) mass is 138 g/mol. The van der Waals surface area contributed by atoms with Crippen LogP contribution in [-0.2, 0) is 4.79 Å². The van der Waals surface area contributed by atoms with Gasteiger partial charge in [0.2, 0.25) is 0 Å². The van der Waals surface area contributed by atoms with E-state index < -0.39 is 0 Å². The first-order chi connectivity index (χ1) is 4.83. The smallest absolute Gasteiger partial charge is 0.123 e. The third kappa shape index (κ3) is 0.664. The van der Waals surface area contributed by atoms with E-state index in [2.05, 4.69) is 6.92 Å². The van der Waals surface area contributed by atoms with E-state index in [1.54, 1.807) is 0 Å². The summed E-state index contributed by atoms with van der Waals surface area (Å²) in [6, 6.07) is 0. The summed E-state index contributed by atoms with van der Waals surface area (Å²) in [7, 11) is 0. The zero-order valence-electron chi connectivity index (χ0n) is 6.42. The molecule has 2 aliphatic carbocycles. The Morgan fingerprint density at radius 1 is 1.30 bits per heavy atom. The molecule has 2 aliphatic rings. The lowest BCUT2D eigenvalue weighted by Gasteiger charge is -2.22. The zero-order valence-corrected chi connectivity index (χ0v) is 6.42. The molecule has 10 heavy (non-hydrogen) atoms. The molecule has 0 heterocycles. The number of carbonyl (C=O) groups is 1. The molecule has 0 aromatic rings. The molecule has 0 spiro atoms. The fraction of sp³-hybridized carbons (Fsp3) is 0.889. The number of carbonyl (C=O) groups excluding carboxylic acids is 1. The molecule has 0 unspecified atom stereocenters. The third-order valence-corrected chi connectivity index (χ3v) is 3.57. The van der Waals surface area contributed by atoms with Gasteiger partial charge in [0.05, 0.1) is 0 Å². The maximum atomic E-state index is 10.6. The second kappa shape index (κ2) is 2.08. The summed E-state index contributed by atoms with van der Waals surface area (Å²) in [5.74, 6) is 2.76. The molecule has 2 bridgehead atoms. The van der Waals surface area contributed by atoms with E-state index in [4.69, 9.17) is 0 Å². The van der Waals surface area contributed by atoms with Gasteiger partial charge < -0.3 is 4.79 Å². The van der Waals surface area contributed by atoms with Crippen molar-refractivity contribution in [1.82, 2.24) is 0 Å². The van der Waals surface area contributed by atoms with Crippen LogP contribution >= 0.6 is 0 Å². The van der Waals surface area contributed by atoms with Crippen molar-refractivity contribution in [1.29, 1.82) is 0 Å². The van der Waals surface area contributed by atoms with Crippen LogP contribution in [0.1, 0.15) is 26.2 Å². The molecule has 0 amide bonds. The maximum absolute atomic E-state index is 10.6. The van der Waals surface area contributed by atoms with Crippen LogP contribution < -0.4 is 0 Å². The van der Waals surface area contributed by atoms with Crippen molar-refractivity contribution >= 4 is 6.29 Å². The van der Waals surface area contributed by atoms with E-state index in [-0.39, 0.29) is 0 Å². The lowest BCUT2D eigenvalue weighted by atomic mass is 9.81. The van der Waals surface area contributed by atoms with Crippen LogP contribution in [-0.4, -0.2) is 6.29 Å². The Balaban J connectivity index is 2.16. The minimum Gasteiger partial charge on any atom is -0.303 e. The Labute approximate surface area is 61.8 Å². The van der Waals surface area contributed by atoms with Crippen LogP contribution in [0.4, 0.5) is 0 Å². The van der Waals surface area contributed by atoms with E-state index >= 15 is 0 Å². The van der Waals surface area contributed by atoms with Gasteiger partial charge in [-0.1, -0.05) is 6.92 Å². The second-order valence-corrected chi connectivity index (χ2v) is 3.91. The summed E-state index contributed by atoms with van der Waals surface area (Å²) in [6.45, 7) is 2.24. The average molecular weight is 138 g/mol. The fourth-order valence-corrected chi connectivity index (χ4v) is 2.86. The summed E-state index contributed by atoms with van der Waals surface area (Å²) < 4.78 is 0. The highest BCUT2D eigenvalue weighted by molar-refractivity contribution is 5.55. The lowest BCUT2D eigenvalue weighted by Crippen LogP contribution is -2.20. The van der Waals surface area contributed by atoms with Crippen LogP contribution in [0, 0.1) is 23.7 Å². The van der Waals surface area contributed by atoms with Gasteiger partial charge in [-0.15, -0.1) is 0 Å². The minimum atomic E-state index is 0.416. The predicted molar refractivity (Wildman–Crippen MR) is 39.5 cm³/mol. The highest BCUT2D eigenvalue weighted by Gasteiger charge is 2.44. The highest BCUT2D eigenvalue weighted by Crippen LogP contribution is 2.51. The molecule has 0 aromatic heterocycles. The van der Waals surface area contributed by atoms with E-state index in [9.17, 15) is 4.79 Å². The van der Waals surface area contributed by atoms with E-state index in [1.807, 2.05) is 0 Å². The van der Waals surface area contributed by atoms with Crippen molar-refractivity contribution < 1.29 is 4.79 Å². The number of hydrogen-bond acceptors (Lipinski definition) is 1. The normalized spacial score (nSPS) is 51.7. The number of aldehydes is 1. The molecule has 0 aromatic carbocycles. The van der Waals surface area contributed by atoms with Gasteiger partial charge in [-0.05, 0) is 37.0 Å². The molecule has 1 heteroatoms. The van der Waals surface area contributed by atoms with Gasteiger partial charge in [0, 0.05) is 5.92 Å². The van der Waals surface area contributed by atoms with Gasteiger partial charge in [-0.25, -0.2) is 0 Å². The van der Waals surface area contributed by atoms with Crippen LogP contribution in [0.5, 0.6) is 0 Å². The largest absolute Gasteiger partial charge is 0.303 e. The first kappa shape index (κ1) is 6.38. The molecule has 0 radical (unpaired) electrons.